The number of imidazole rings is 1. The predicted octanol–water partition coefficient (Wildman–Crippen LogP) is 0.970. The molecule has 0 saturated heterocycles. The molecule has 0 amide bonds. The van der Waals surface area contributed by atoms with E-state index in [2.05, 4.69) is 9.97 Å². The van der Waals surface area contributed by atoms with Crippen LogP contribution >= 0.6 is 11.6 Å². The highest BCUT2D eigenvalue weighted by atomic mass is 35.5. The van der Waals surface area contributed by atoms with Gasteiger partial charge in [-0.15, -0.1) is 0 Å². The zero-order valence-electron chi connectivity index (χ0n) is 9.66. The Morgan fingerprint density at radius 1 is 1.29 bits per heavy atom. The topological polar surface area (TPSA) is 72.7 Å². The van der Waals surface area contributed by atoms with Crippen molar-refractivity contribution < 1.29 is 0 Å². The van der Waals surface area contributed by atoms with Gasteiger partial charge in [0.25, 0.3) is 5.56 Å². The molecule has 0 atom stereocenters. The minimum Gasteiger partial charge on any atom is -0.323 e. The van der Waals surface area contributed by atoms with Crippen LogP contribution in [0.4, 0.5) is 0 Å². The number of hydrogen-bond acceptors (Lipinski definition) is 3. The lowest BCUT2D eigenvalue weighted by atomic mass is 10.4. The standard InChI is InChI=1S/C10H13ClN4O2/c1-3-5-15-7-6(12-9(11)13-7)8(16)14(4-2)10(15)17/h3-5H2,1-2H3,(H,12,13). The first-order chi connectivity index (χ1) is 8.10. The SMILES string of the molecule is CCCn1c(=O)n(CC)c(=O)c2[nH]c(Cl)nc21. The van der Waals surface area contributed by atoms with Crippen molar-refractivity contribution in [2.45, 2.75) is 33.4 Å². The highest BCUT2D eigenvalue weighted by Gasteiger charge is 2.15. The van der Waals surface area contributed by atoms with Crippen LogP contribution in [0, 0.1) is 0 Å². The van der Waals surface area contributed by atoms with E-state index in [1.165, 1.54) is 9.13 Å². The molecule has 0 aliphatic rings. The fourth-order valence-corrected chi connectivity index (χ4v) is 2.02. The molecule has 0 spiro atoms. The summed E-state index contributed by atoms with van der Waals surface area (Å²) < 4.78 is 2.65. The van der Waals surface area contributed by atoms with Crippen LogP contribution in [0.25, 0.3) is 11.2 Å². The van der Waals surface area contributed by atoms with E-state index < -0.39 is 0 Å². The van der Waals surface area contributed by atoms with Gasteiger partial charge >= 0.3 is 5.69 Å². The van der Waals surface area contributed by atoms with Crippen LogP contribution < -0.4 is 11.2 Å². The van der Waals surface area contributed by atoms with Crippen LogP contribution in [0.5, 0.6) is 0 Å². The predicted molar refractivity (Wildman–Crippen MR) is 65.6 cm³/mol. The Bertz CT molecular complexity index is 667. The molecule has 6 nitrogen and oxygen atoms in total. The van der Waals surface area contributed by atoms with Crippen molar-refractivity contribution in [1.82, 2.24) is 19.1 Å². The van der Waals surface area contributed by atoms with E-state index >= 15 is 0 Å². The molecule has 7 heteroatoms. The molecule has 2 rings (SSSR count). The first-order valence-corrected chi connectivity index (χ1v) is 5.86. The van der Waals surface area contributed by atoms with Gasteiger partial charge in [0.15, 0.2) is 11.2 Å². The van der Waals surface area contributed by atoms with E-state index in [-0.39, 0.29) is 22.0 Å². The molecule has 0 fully saturated rings. The lowest BCUT2D eigenvalue weighted by molar-refractivity contribution is 0.580. The summed E-state index contributed by atoms with van der Waals surface area (Å²) >= 11 is 5.74. The molecule has 0 saturated carbocycles. The van der Waals surface area contributed by atoms with Gasteiger partial charge in [0.05, 0.1) is 0 Å². The minimum absolute atomic E-state index is 0.121. The van der Waals surface area contributed by atoms with E-state index in [1.54, 1.807) is 6.92 Å². The molecular formula is C10H13ClN4O2. The minimum atomic E-state index is -0.376. The van der Waals surface area contributed by atoms with Crippen LogP contribution in [-0.4, -0.2) is 19.1 Å². The molecule has 17 heavy (non-hydrogen) atoms. The number of fused-ring (bicyclic) bond motifs is 1. The van der Waals surface area contributed by atoms with Gasteiger partial charge < -0.3 is 4.98 Å². The molecule has 2 heterocycles. The van der Waals surface area contributed by atoms with Gasteiger partial charge in [0.1, 0.15) is 0 Å². The van der Waals surface area contributed by atoms with Crippen LogP contribution in [0.2, 0.25) is 5.28 Å². The van der Waals surface area contributed by atoms with Gasteiger partial charge in [-0.2, -0.15) is 4.98 Å². The lowest BCUT2D eigenvalue weighted by Gasteiger charge is -2.08. The van der Waals surface area contributed by atoms with Gasteiger partial charge in [-0.3, -0.25) is 13.9 Å². The quantitative estimate of drug-likeness (QED) is 0.832. The van der Waals surface area contributed by atoms with Crippen LogP contribution in [0.3, 0.4) is 0 Å². The van der Waals surface area contributed by atoms with Crippen molar-refractivity contribution in [3.8, 4) is 0 Å². The van der Waals surface area contributed by atoms with Gasteiger partial charge in [-0.05, 0) is 24.9 Å². The van der Waals surface area contributed by atoms with Crippen molar-refractivity contribution in [1.29, 1.82) is 0 Å². The number of H-pyrrole nitrogens is 1. The first-order valence-electron chi connectivity index (χ1n) is 5.49. The molecular weight excluding hydrogens is 244 g/mol. The Morgan fingerprint density at radius 3 is 2.59 bits per heavy atom. The molecule has 2 aromatic heterocycles. The fourth-order valence-electron chi connectivity index (χ4n) is 1.84. The van der Waals surface area contributed by atoms with Crippen molar-refractivity contribution in [3.05, 3.63) is 26.1 Å². The summed E-state index contributed by atoms with van der Waals surface area (Å²) in [6.45, 7) is 4.54. The summed E-state index contributed by atoms with van der Waals surface area (Å²) in [7, 11) is 0. The average molecular weight is 257 g/mol. The summed E-state index contributed by atoms with van der Waals surface area (Å²) in [5.41, 5.74) is -0.101. The van der Waals surface area contributed by atoms with E-state index in [4.69, 9.17) is 11.6 Å². The number of nitrogens with zero attached hydrogens (tertiary/aromatic N) is 3. The Labute approximate surface area is 102 Å². The smallest absolute Gasteiger partial charge is 0.323 e. The second-order valence-electron chi connectivity index (χ2n) is 3.71. The number of rotatable bonds is 3. The highest BCUT2D eigenvalue weighted by molar-refractivity contribution is 6.28. The van der Waals surface area contributed by atoms with Gasteiger partial charge in [0.2, 0.25) is 5.28 Å². The van der Waals surface area contributed by atoms with Crippen LogP contribution in [0.15, 0.2) is 9.59 Å². The maximum Gasteiger partial charge on any atom is 0.332 e. The zero-order chi connectivity index (χ0) is 12.6. The highest BCUT2D eigenvalue weighted by Crippen LogP contribution is 2.09. The number of halogens is 1. The summed E-state index contributed by atoms with van der Waals surface area (Å²) in [6.07, 6.45) is 0.779. The Kier molecular flexibility index (Phi) is 3.06. The van der Waals surface area contributed by atoms with Gasteiger partial charge in [0, 0.05) is 13.1 Å². The van der Waals surface area contributed by atoms with Gasteiger partial charge in [-0.1, -0.05) is 6.92 Å². The van der Waals surface area contributed by atoms with Crippen molar-refractivity contribution in [3.63, 3.8) is 0 Å². The zero-order valence-corrected chi connectivity index (χ0v) is 10.4. The van der Waals surface area contributed by atoms with E-state index in [0.717, 1.165) is 6.42 Å². The largest absolute Gasteiger partial charge is 0.332 e. The van der Waals surface area contributed by atoms with Crippen molar-refractivity contribution in [2.24, 2.45) is 0 Å². The Balaban J connectivity index is 2.95. The van der Waals surface area contributed by atoms with Crippen LogP contribution in [0.1, 0.15) is 20.3 Å². The van der Waals surface area contributed by atoms with E-state index in [9.17, 15) is 9.59 Å². The lowest BCUT2D eigenvalue weighted by Crippen LogP contribution is -2.39. The number of aromatic amines is 1. The second kappa shape index (κ2) is 4.37. The third kappa shape index (κ3) is 1.78. The normalized spacial score (nSPS) is 11.2. The Hall–Kier alpha value is -1.56. The third-order valence-electron chi connectivity index (χ3n) is 2.60. The van der Waals surface area contributed by atoms with Crippen molar-refractivity contribution >= 4 is 22.8 Å². The molecule has 92 valence electrons. The fraction of sp³-hybridized carbons (Fsp3) is 0.500. The van der Waals surface area contributed by atoms with E-state index in [1.807, 2.05) is 6.92 Å². The van der Waals surface area contributed by atoms with Crippen LogP contribution in [-0.2, 0) is 13.1 Å². The molecule has 1 N–H and O–H groups in total. The first kappa shape index (κ1) is 11.9. The summed E-state index contributed by atoms with van der Waals surface area (Å²) in [5.74, 6) is 0. The summed E-state index contributed by atoms with van der Waals surface area (Å²) in [5, 5.41) is 0.121. The van der Waals surface area contributed by atoms with Crippen molar-refractivity contribution in [2.75, 3.05) is 0 Å². The number of nitrogens with one attached hydrogen (secondary N) is 1. The average Bonchev–Trinajstić information content (AvgIpc) is 2.67. The molecule has 0 aliphatic heterocycles. The number of aromatic nitrogens is 4. The number of hydrogen-bond donors (Lipinski definition) is 1. The van der Waals surface area contributed by atoms with Gasteiger partial charge in [-0.25, -0.2) is 4.79 Å². The monoisotopic (exact) mass is 256 g/mol. The molecule has 0 radical (unpaired) electrons. The summed E-state index contributed by atoms with van der Waals surface area (Å²) in [4.78, 5) is 30.7. The maximum atomic E-state index is 12.1. The molecule has 0 aliphatic carbocycles. The third-order valence-corrected chi connectivity index (χ3v) is 2.77. The second-order valence-corrected chi connectivity index (χ2v) is 4.07. The number of aryl methyl sites for hydroxylation is 1. The molecule has 0 unspecified atom stereocenters. The van der Waals surface area contributed by atoms with E-state index in [0.29, 0.717) is 18.7 Å². The summed E-state index contributed by atoms with van der Waals surface area (Å²) in [6, 6.07) is 0. The Morgan fingerprint density at radius 2 is 2.00 bits per heavy atom. The molecule has 0 bridgehead atoms. The molecule has 0 aromatic carbocycles. The molecule has 2 aromatic rings. The maximum absolute atomic E-state index is 12.1.